The number of hydrogen-bond donors (Lipinski definition) is 2. The molecule has 37 heavy (non-hydrogen) atoms. The fourth-order valence-electron chi connectivity index (χ4n) is 3.69. The van der Waals surface area contributed by atoms with Gasteiger partial charge in [-0.15, -0.1) is 0 Å². The molecule has 2 amide bonds. The molecule has 2 aromatic rings. The summed E-state index contributed by atoms with van der Waals surface area (Å²) in [5.74, 6) is -0.328. The van der Waals surface area contributed by atoms with Crippen molar-refractivity contribution < 1.29 is 27.5 Å². The van der Waals surface area contributed by atoms with Crippen molar-refractivity contribution in [3.8, 4) is 0 Å². The largest absolute Gasteiger partial charge is 0.467 e. The molecule has 2 atom stereocenters. The summed E-state index contributed by atoms with van der Waals surface area (Å²) in [4.78, 5) is 29.5. The van der Waals surface area contributed by atoms with Crippen LogP contribution >= 0.6 is 11.6 Å². The highest BCUT2D eigenvalue weighted by molar-refractivity contribution is 6.33. The summed E-state index contributed by atoms with van der Waals surface area (Å²) in [5.41, 5.74) is 0.567. The Labute approximate surface area is 217 Å². The van der Waals surface area contributed by atoms with Gasteiger partial charge in [-0.3, -0.25) is 9.59 Å². The number of aliphatic imine (C=N–C) groups is 1. The van der Waals surface area contributed by atoms with E-state index in [4.69, 9.17) is 16.3 Å². The van der Waals surface area contributed by atoms with E-state index in [2.05, 4.69) is 15.6 Å². The molecule has 1 aliphatic carbocycles. The topological polar surface area (TPSA) is 79.8 Å². The van der Waals surface area contributed by atoms with Crippen molar-refractivity contribution >= 4 is 29.3 Å². The molecule has 2 unspecified atom stereocenters. The highest BCUT2D eigenvalue weighted by Crippen LogP contribution is 2.30. The number of rotatable bonds is 5. The van der Waals surface area contributed by atoms with E-state index in [-0.39, 0.29) is 35.0 Å². The average Bonchev–Trinajstić information content (AvgIpc) is 3.25. The number of carbonyl (C=O) groups is 2. The lowest BCUT2D eigenvalue weighted by atomic mass is 9.95. The summed E-state index contributed by atoms with van der Waals surface area (Å²) in [7, 11) is 0. The van der Waals surface area contributed by atoms with Gasteiger partial charge in [0, 0.05) is 23.2 Å². The predicted molar refractivity (Wildman–Crippen MR) is 134 cm³/mol. The Morgan fingerprint density at radius 1 is 1.08 bits per heavy atom. The van der Waals surface area contributed by atoms with Crippen LogP contribution in [-0.2, 0) is 22.3 Å². The SMILES string of the molecule is CC(C)(C)C(=O)NCc1ccc(Cl)c(C(=O)NC2=CC3OC(c4ccc(C(F)(F)F)cc4)=NC3C=C2)c1. The number of halogens is 4. The minimum atomic E-state index is -4.42. The molecular weight excluding hydrogens is 507 g/mol. The quantitative estimate of drug-likeness (QED) is 0.541. The first-order valence-corrected chi connectivity index (χ1v) is 11.9. The lowest BCUT2D eigenvalue weighted by Crippen LogP contribution is -2.34. The van der Waals surface area contributed by atoms with Gasteiger partial charge in [-0.1, -0.05) is 44.5 Å². The van der Waals surface area contributed by atoms with Gasteiger partial charge in [0.25, 0.3) is 5.91 Å². The van der Waals surface area contributed by atoms with Crippen molar-refractivity contribution in [3.05, 3.63) is 93.7 Å². The smallest absolute Gasteiger partial charge is 0.416 e. The highest BCUT2D eigenvalue weighted by atomic mass is 35.5. The molecule has 194 valence electrons. The molecular formula is C27H25ClF3N3O3. The Hall–Kier alpha value is -3.59. The van der Waals surface area contributed by atoms with Crippen molar-refractivity contribution in [1.29, 1.82) is 0 Å². The van der Waals surface area contributed by atoms with Crippen LogP contribution in [-0.4, -0.2) is 29.9 Å². The minimum absolute atomic E-state index is 0.116. The molecule has 0 radical (unpaired) electrons. The molecule has 2 N–H and O–H groups in total. The van der Waals surface area contributed by atoms with Gasteiger partial charge in [0.1, 0.15) is 12.1 Å². The van der Waals surface area contributed by atoms with Crippen LogP contribution in [0.1, 0.15) is 47.8 Å². The molecule has 10 heteroatoms. The number of allylic oxidation sites excluding steroid dienone is 1. The van der Waals surface area contributed by atoms with E-state index in [1.54, 1.807) is 36.4 Å². The van der Waals surface area contributed by atoms with Crippen LogP contribution in [0.3, 0.4) is 0 Å². The van der Waals surface area contributed by atoms with Crippen molar-refractivity contribution in [1.82, 2.24) is 10.6 Å². The molecule has 0 aromatic heterocycles. The van der Waals surface area contributed by atoms with Gasteiger partial charge in [-0.05, 0) is 54.1 Å². The van der Waals surface area contributed by atoms with Gasteiger partial charge in [0.05, 0.1) is 16.1 Å². The second kappa shape index (κ2) is 10.0. The molecule has 2 aromatic carbocycles. The normalized spacial score (nSPS) is 18.9. The molecule has 0 bridgehead atoms. The first-order valence-electron chi connectivity index (χ1n) is 11.5. The third-order valence-electron chi connectivity index (χ3n) is 5.79. The van der Waals surface area contributed by atoms with Crippen LogP contribution in [0.25, 0.3) is 0 Å². The number of alkyl halides is 3. The number of fused-ring (bicyclic) bond motifs is 1. The zero-order valence-electron chi connectivity index (χ0n) is 20.3. The van der Waals surface area contributed by atoms with Crippen molar-refractivity contribution in [3.63, 3.8) is 0 Å². The zero-order valence-corrected chi connectivity index (χ0v) is 21.1. The van der Waals surface area contributed by atoms with Gasteiger partial charge in [-0.2, -0.15) is 13.2 Å². The molecule has 0 spiro atoms. The van der Waals surface area contributed by atoms with Crippen molar-refractivity contribution in [2.24, 2.45) is 10.4 Å². The zero-order chi connectivity index (χ0) is 27.0. The molecule has 2 aliphatic rings. The standard InChI is InChI=1S/C27H25ClF3N3O3/c1-26(2,3)25(36)32-14-15-4-10-20(28)19(12-15)23(35)33-18-9-11-21-22(13-18)37-24(34-21)16-5-7-17(8-6-16)27(29,30)31/h4-13,21-22H,14H2,1-3H3,(H,32,36)(H,33,35). The molecule has 6 nitrogen and oxygen atoms in total. The monoisotopic (exact) mass is 531 g/mol. The number of nitrogens with one attached hydrogen (secondary N) is 2. The van der Waals surface area contributed by atoms with E-state index in [1.807, 2.05) is 20.8 Å². The van der Waals surface area contributed by atoms with E-state index in [9.17, 15) is 22.8 Å². The van der Waals surface area contributed by atoms with Gasteiger partial charge in [-0.25, -0.2) is 4.99 Å². The Bertz CT molecular complexity index is 1310. The lowest BCUT2D eigenvalue weighted by Gasteiger charge is -2.19. The Morgan fingerprint density at radius 3 is 2.43 bits per heavy atom. The second-order valence-corrected chi connectivity index (χ2v) is 10.2. The maximum Gasteiger partial charge on any atom is 0.416 e. The predicted octanol–water partition coefficient (Wildman–Crippen LogP) is 5.42. The number of carbonyl (C=O) groups excluding carboxylic acids is 2. The maximum atomic E-state index is 13.0. The first-order chi connectivity index (χ1) is 17.3. The van der Waals surface area contributed by atoms with Crippen molar-refractivity contribution in [2.75, 3.05) is 0 Å². The first kappa shape index (κ1) is 26.5. The number of amides is 2. The molecule has 4 rings (SSSR count). The van der Waals surface area contributed by atoms with E-state index < -0.39 is 29.2 Å². The minimum Gasteiger partial charge on any atom is -0.467 e. The fraction of sp³-hybridized carbons (Fsp3) is 0.296. The van der Waals surface area contributed by atoms with E-state index >= 15 is 0 Å². The second-order valence-electron chi connectivity index (χ2n) is 9.76. The summed E-state index contributed by atoms with van der Waals surface area (Å²) in [6, 6.07) is 9.17. The molecule has 1 aliphatic heterocycles. The fourth-order valence-corrected chi connectivity index (χ4v) is 3.89. The van der Waals surface area contributed by atoms with Crippen LogP contribution in [0.2, 0.25) is 5.02 Å². The van der Waals surface area contributed by atoms with Gasteiger partial charge in [0.15, 0.2) is 0 Å². The third-order valence-corrected chi connectivity index (χ3v) is 6.12. The van der Waals surface area contributed by atoms with Crippen LogP contribution in [0.15, 0.2) is 71.4 Å². The van der Waals surface area contributed by atoms with Crippen LogP contribution in [0.4, 0.5) is 13.2 Å². The Morgan fingerprint density at radius 2 is 1.78 bits per heavy atom. The molecule has 1 heterocycles. The maximum absolute atomic E-state index is 13.0. The van der Waals surface area contributed by atoms with Gasteiger partial charge < -0.3 is 15.4 Å². The third kappa shape index (κ3) is 6.22. The lowest BCUT2D eigenvalue weighted by molar-refractivity contribution is -0.137. The summed E-state index contributed by atoms with van der Waals surface area (Å²) in [5, 5.41) is 5.89. The summed E-state index contributed by atoms with van der Waals surface area (Å²) in [6.07, 6.45) is 0.170. The number of ether oxygens (including phenoxy) is 1. The number of nitrogens with zero attached hydrogens (tertiary/aromatic N) is 1. The van der Waals surface area contributed by atoms with E-state index in [1.165, 1.54) is 12.1 Å². The molecule has 0 fully saturated rings. The Balaban J connectivity index is 1.41. The van der Waals surface area contributed by atoms with Gasteiger partial charge in [0.2, 0.25) is 11.8 Å². The molecule has 0 saturated heterocycles. The van der Waals surface area contributed by atoms with Crippen LogP contribution < -0.4 is 10.6 Å². The van der Waals surface area contributed by atoms with E-state index in [0.717, 1.165) is 12.1 Å². The van der Waals surface area contributed by atoms with Crippen LogP contribution in [0, 0.1) is 5.41 Å². The van der Waals surface area contributed by atoms with Crippen LogP contribution in [0.5, 0.6) is 0 Å². The average molecular weight is 532 g/mol. The van der Waals surface area contributed by atoms with E-state index in [0.29, 0.717) is 16.8 Å². The summed E-state index contributed by atoms with van der Waals surface area (Å²) < 4.78 is 44.3. The number of benzene rings is 2. The summed E-state index contributed by atoms with van der Waals surface area (Å²) in [6.45, 7) is 5.68. The van der Waals surface area contributed by atoms with Gasteiger partial charge >= 0.3 is 6.18 Å². The summed E-state index contributed by atoms with van der Waals surface area (Å²) >= 11 is 6.26. The molecule has 0 saturated carbocycles. The Kier molecular flexibility index (Phi) is 7.19. The number of hydrogen-bond acceptors (Lipinski definition) is 4. The van der Waals surface area contributed by atoms with Crippen molar-refractivity contribution in [2.45, 2.75) is 45.6 Å². The highest BCUT2D eigenvalue weighted by Gasteiger charge is 2.33.